The molecule has 0 radical (unpaired) electrons. The van der Waals surface area contributed by atoms with Crippen LogP contribution < -0.4 is 0 Å². The van der Waals surface area contributed by atoms with Crippen LogP contribution in [0.15, 0.2) is 0 Å². The topological polar surface area (TPSA) is 57.7 Å². The van der Waals surface area contributed by atoms with Crippen molar-refractivity contribution in [2.24, 2.45) is 0 Å². The lowest BCUT2D eigenvalue weighted by molar-refractivity contribution is -0.930. The van der Waals surface area contributed by atoms with Gasteiger partial charge in [-0.3, -0.25) is 9.59 Å². The van der Waals surface area contributed by atoms with Gasteiger partial charge in [0.05, 0.1) is 13.5 Å². The molecule has 0 aromatic heterocycles. The molecule has 0 spiro atoms. The number of nitrogens with zero attached hydrogens (tertiary/aromatic N) is 3. The van der Waals surface area contributed by atoms with E-state index in [1.165, 1.54) is 16.8 Å². The third kappa shape index (κ3) is 2.63. The first kappa shape index (κ1) is 13.6. The summed E-state index contributed by atoms with van der Waals surface area (Å²) < 4.78 is -0.0745. The van der Waals surface area contributed by atoms with Crippen LogP contribution in [-0.2, 0) is 14.4 Å². The largest absolute Gasteiger partial charge is 0.347 e. The fourth-order valence-corrected chi connectivity index (χ4v) is 2.01. The molecule has 0 aromatic carbocycles. The summed E-state index contributed by atoms with van der Waals surface area (Å²) in [5.41, 5.74) is 0. The Morgan fingerprint density at radius 3 is 2.29 bits per heavy atom. The first-order valence-electron chi connectivity index (χ1n) is 5.66. The van der Waals surface area contributed by atoms with Gasteiger partial charge < -0.3 is 4.90 Å². The lowest BCUT2D eigenvalue weighted by Gasteiger charge is -2.36. The Morgan fingerprint density at radius 1 is 1.35 bits per heavy atom. The molecular formula is C11H20N3O3+. The molecule has 0 N–H and O–H groups in total. The lowest BCUT2D eigenvalue weighted by Crippen LogP contribution is -2.62. The van der Waals surface area contributed by atoms with Gasteiger partial charge >= 0.3 is 5.91 Å². The first-order chi connectivity index (χ1) is 7.79. The van der Waals surface area contributed by atoms with Crippen LogP contribution in [0.2, 0.25) is 0 Å². The van der Waals surface area contributed by atoms with E-state index < -0.39 is 0 Å². The SMILES string of the molecule is CC(=O)N(CC(=O)N(C)C)[N+]1(C)CCCC1=O. The van der Waals surface area contributed by atoms with Gasteiger partial charge in [-0.15, -0.1) is 0 Å². The van der Waals surface area contributed by atoms with E-state index >= 15 is 0 Å². The maximum absolute atomic E-state index is 11.8. The molecule has 3 amide bonds. The fraction of sp³-hybridized carbons (Fsp3) is 0.727. The van der Waals surface area contributed by atoms with Gasteiger partial charge in [0.25, 0.3) is 5.91 Å². The minimum Gasteiger partial charge on any atom is -0.347 e. The zero-order valence-corrected chi connectivity index (χ0v) is 10.9. The van der Waals surface area contributed by atoms with Crippen LogP contribution in [-0.4, -0.2) is 66.5 Å². The molecule has 96 valence electrons. The number of likely N-dealkylation sites (N-methyl/N-ethyl adjacent to an activating group) is 1. The summed E-state index contributed by atoms with van der Waals surface area (Å²) in [5, 5.41) is 1.34. The van der Waals surface area contributed by atoms with Gasteiger partial charge in [-0.1, -0.05) is 0 Å². The third-order valence-corrected chi connectivity index (χ3v) is 3.20. The number of amides is 3. The van der Waals surface area contributed by atoms with Crippen molar-refractivity contribution in [1.82, 2.24) is 9.91 Å². The summed E-state index contributed by atoms with van der Waals surface area (Å²) in [5.74, 6) is -0.441. The monoisotopic (exact) mass is 242 g/mol. The molecule has 1 heterocycles. The van der Waals surface area contributed by atoms with Crippen molar-refractivity contribution in [2.45, 2.75) is 19.8 Å². The molecule has 1 saturated heterocycles. The Bertz CT molecular complexity index is 354. The number of likely N-dealkylation sites (tertiary alicyclic amines) is 1. The Morgan fingerprint density at radius 2 is 1.94 bits per heavy atom. The van der Waals surface area contributed by atoms with Crippen LogP contribution in [0.5, 0.6) is 0 Å². The third-order valence-electron chi connectivity index (χ3n) is 3.20. The van der Waals surface area contributed by atoms with E-state index in [0.29, 0.717) is 13.0 Å². The van der Waals surface area contributed by atoms with Crippen molar-refractivity contribution in [3.63, 3.8) is 0 Å². The van der Waals surface area contributed by atoms with E-state index in [9.17, 15) is 14.4 Å². The van der Waals surface area contributed by atoms with Crippen molar-refractivity contribution < 1.29 is 19.0 Å². The smallest absolute Gasteiger partial charge is 0.338 e. The average Bonchev–Trinajstić information content (AvgIpc) is 2.55. The van der Waals surface area contributed by atoms with Crippen molar-refractivity contribution in [2.75, 3.05) is 34.2 Å². The summed E-state index contributed by atoms with van der Waals surface area (Å²) in [7, 11) is 4.96. The highest BCUT2D eigenvalue weighted by Crippen LogP contribution is 2.22. The molecule has 1 atom stereocenters. The van der Waals surface area contributed by atoms with Gasteiger partial charge in [-0.25, -0.2) is 4.79 Å². The quantitative estimate of drug-likeness (QED) is 0.633. The molecule has 0 aromatic rings. The Labute approximate surface area is 101 Å². The van der Waals surface area contributed by atoms with Crippen LogP contribution in [0.4, 0.5) is 0 Å². The van der Waals surface area contributed by atoms with Gasteiger partial charge in [0, 0.05) is 27.4 Å². The van der Waals surface area contributed by atoms with Gasteiger partial charge in [0.2, 0.25) is 5.91 Å². The van der Waals surface area contributed by atoms with Gasteiger partial charge in [0.1, 0.15) is 6.54 Å². The van der Waals surface area contributed by atoms with E-state index in [1.54, 1.807) is 21.1 Å². The number of quaternary nitrogens is 1. The number of carbonyl (C=O) groups excluding carboxylic acids is 3. The summed E-state index contributed by atoms with van der Waals surface area (Å²) >= 11 is 0. The van der Waals surface area contributed by atoms with E-state index in [0.717, 1.165) is 6.42 Å². The predicted molar refractivity (Wildman–Crippen MR) is 61.4 cm³/mol. The molecular weight excluding hydrogens is 222 g/mol. The summed E-state index contributed by atoms with van der Waals surface area (Å²) in [6.45, 7) is 1.92. The second kappa shape index (κ2) is 4.83. The highest BCUT2D eigenvalue weighted by Gasteiger charge is 2.45. The standard InChI is InChI=1S/C11H20N3O3/c1-9(15)13(8-10(16)12(2)3)14(4)7-5-6-11(14)17/h5-8H2,1-4H3/q+1. The van der Waals surface area contributed by atoms with E-state index in [2.05, 4.69) is 0 Å². The van der Waals surface area contributed by atoms with E-state index in [4.69, 9.17) is 0 Å². The first-order valence-corrected chi connectivity index (χ1v) is 5.66. The normalized spacial score (nSPS) is 23.6. The van der Waals surface area contributed by atoms with Crippen LogP contribution in [0, 0.1) is 0 Å². The highest BCUT2D eigenvalue weighted by molar-refractivity contribution is 5.84. The molecule has 1 aliphatic rings. The number of hydrogen-bond acceptors (Lipinski definition) is 3. The molecule has 6 heteroatoms. The Balaban J connectivity index is 2.90. The zero-order chi connectivity index (χ0) is 13.2. The van der Waals surface area contributed by atoms with Crippen molar-refractivity contribution >= 4 is 17.7 Å². The van der Waals surface area contributed by atoms with Crippen molar-refractivity contribution in [3.05, 3.63) is 0 Å². The van der Waals surface area contributed by atoms with Crippen LogP contribution in [0.3, 0.4) is 0 Å². The molecule has 0 saturated carbocycles. The van der Waals surface area contributed by atoms with Gasteiger partial charge in [-0.05, 0) is 0 Å². The number of carbonyl (C=O) groups is 3. The molecule has 17 heavy (non-hydrogen) atoms. The fourth-order valence-electron chi connectivity index (χ4n) is 2.01. The van der Waals surface area contributed by atoms with Crippen LogP contribution in [0.25, 0.3) is 0 Å². The van der Waals surface area contributed by atoms with Crippen molar-refractivity contribution in [1.29, 1.82) is 0 Å². The van der Waals surface area contributed by atoms with Crippen molar-refractivity contribution in [3.8, 4) is 0 Å². The summed E-state index contributed by atoms with van der Waals surface area (Å²) in [6, 6.07) is 0. The predicted octanol–water partition coefficient (Wildman–Crippen LogP) is -0.395. The second-order valence-corrected chi connectivity index (χ2v) is 4.73. The lowest BCUT2D eigenvalue weighted by atomic mass is 10.4. The zero-order valence-electron chi connectivity index (χ0n) is 10.9. The number of hydrogen-bond donors (Lipinski definition) is 0. The highest BCUT2D eigenvalue weighted by atomic mass is 16.2. The van der Waals surface area contributed by atoms with Gasteiger partial charge in [-0.2, -0.15) is 9.60 Å². The maximum Gasteiger partial charge on any atom is 0.338 e. The molecule has 1 aliphatic heterocycles. The van der Waals surface area contributed by atoms with E-state index in [1.807, 2.05) is 0 Å². The Kier molecular flexibility index (Phi) is 3.87. The molecule has 1 unspecified atom stereocenters. The summed E-state index contributed by atoms with van der Waals surface area (Å²) in [4.78, 5) is 36.6. The molecule has 0 aliphatic carbocycles. The molecule has 1 fully saturated rings. The Hall–Kier alpha value is -1.43. The van der Waals surface area contributed by atoms with Crippen LogP contribution >= 0.6 is 0 Å². The van der Waals surface area contributed by atoms with Crippen LogP contribution in [0.1, 0.15) is 19.8 Å². The van der Waals surface area contributed by atoms with Gasteiger partial charge in [0.15, 0.2) is 6.54 Å². The summed E-state index contributed by atoms with van der Waals surface area (Å²) in [6.07, 6.45) is 1.23. The molecule has 0 bridgehead atoms. The maximum atomic E-state index is 11.8. The molecule has 1 rings (SSSR count). The second-order valence-electron chi connectivity index (χ2n) is 4.73. The minimum atomic E-state index is -0.252. The number of rotatable bonds is 3. The minimum absolute atomic E-state index is 0.00763. The van der Waals surface area contributed by atoms with E-state index in [-0.39, 0.29) is 28.9 Å². The molecule has 6 nitrogen and oxygen atoms in total. The average molecular weight is 242 g/mol.